The number of esters is 2. The molecule has 0 radical (unpaired) electrons. The number of ether oxygens (including phenoxy) is 3. The quantitative estimate of drug-likeness (QED) is 0.545. The molecule has 0 aliphatic rings. The van der Waals surface area contributed by atoms with Gasteiger partial charge in [0.1, 0.15) is 0 Å². The highest BCUT2D eigenvalue weighted by Crippen LogP contribution is 2.07. The molecule has 0 saturated carbocycles. The van der Waals surface area contributed by atoms with Crippen molar-refractivity contribution in [3.05, 3.63) is 35.9 Å². The zero-order valence-corrected chi connectivity index (χ0v) is 13.8. The third kappa shape index (κ3) is 7.78. The summed E-state index contributed by atoms with van der Waals surface area (Å²) in [5.41, 5.74) is 0.971. The van der Waals surface area contributed by atoms with E-state index in [1.807, 2.05) is 44.2 Å². The van der Waals surface area contributed by atoms with Gasteiger partial charge in [-0.05, 0) is 19.4 Å². The number of hydrogen-bond donors (Lipinski definition) is 0. The van der Waals surface area contributed by atoms with Gasteiger partial charge in [0.25, 0.3) is 0 Å². The molecule has 0 unspecified atom stereocenters. The van der Waals surface area contributed by atoms with E-state index in [0.717, 1.165) is 5.56 Å². The second-order valence-corrected chi connectivity index (χ2v) is 4.06. The Kier molecular flexibility index (Phi) is 11.7. The van der Waals surface area contributed by atoms with E-state index in [4.69, 9.17) is 14.2 Å². The van der Waals surface area contributed by atoms with Crippen molar-refractivity contribution in [2.45, 2.75) is 34.3 Å². The van der Waals surface area contributed by atoms with Crippen LogP contribution in [0.3, 0.4) is 0 Å². The Hall–Kier alpha value is -1.88. The van der Waals surface area contributed by atoms with Crippen molar-refractivity contribution in [1.82, 2.24) is 0 Å². The van der Waals surface area contributed by atoms with Crippen LogP contribution in [0, 0.1) is 5.92 Å². The second kappa shape index (κ2) is 12.8. The Morgan fingerprint density at radius 3 is 1.91 bits per heavy atom. The van der Waals surface area contributed by atoms with Gasteiger partial charge in [-0.1, -0.05) is 44.2 Å². The van der Waals surface area contributed by atoms with Gasteiger partial charge < -0.3 is 14.2 Å². The Labute approximate surface area is 132 Å². The van der Waals surface area contributed by atoms with Crippen LogP contribution >= 0.6 is 0 Å². The fourth-order valence-corrected chi connectivity index (χ4v) is 1.59. The number of benzene rings is 1. The molecule has 0 saturated heterocycles. The highest BCUT2D eigenvalue weighted by atomic mass is 16.6. The molecule has 0 heterocycles. The predicted octanol–water partition coefficient (Wildman–Crippen LogP) is 2.97. The summed E-state index contributed by atoms with van der Waals surface area (Å²) >= 11 is 0. The molecule has 1 aromatic rings. The van der Waals surface area contributed by atoms with Crippen molar-refractivity contribution in [2.75, 3.05) is 19.8 Å². The van der Waals surface area contributed by atoms with E-state index in [2.05, 4.69) is 0 Å². The Morgan fingerprint density at radius 2 is 1.45 bits per heavy atom. The minimum atomic E-state index is -1.03. The third-order valence-electron chi connectivity index (χ3n) is 2.54. The lowest BCUT2D eigenvalue weighted by molar-refractivity contribution is -0.164. The first-order valence-electron chi connectivity index (χ1n) is 7.64. The van der Waals surface area contributed by atoms with Gasteiger partial charge in [-0.25, -0.2) is 0 Å². The van der Waals surface area contributed by atoms with E-state index in [1.54, 1.807) is 13.8 Å². The van der Waals surface area contributed by atoms with Crippen LogP contribution in [0.25, 0.3) is 0 Å². The number of carbonyl (C=O) groups is 2. The van der Waals surface area contributed by atoms with Crippen LogP contribution in [0.15, 0.2) is 30.3 Å². The summed E-state index contributed by atoms with van der Waals surface area (Å²) in [6.45, 7) is 8.08. The molecular weight excluding hydrogens is 284 g/mol. The van der Waals surface area contributed by atoms with Crippen LogP contribution in [0.5, 0.6) is 0 Å². The SMILES string of the molecule is CC.CCOC(=O)C(COCc1ccccc1)C(=O)OCC. The van der Waals surface area contributed by atoms with Gasteiger partial charge >= 0.3 is 11.9 Å². The van der Waals surface area contributed by atoms with E-state index in [-0.39, 0.29) is 19.8 Å². The van der Waals surface area contributed by atoms with Gasteiger partial charge in [0.15, 0.2) is 5.92 Å². The summed E-state index contributed by atoms with van der Waals surface area (Å²) in [5, 5.41) is 0. The van der Waals surface area contributed by atoms with Crippen molar-refractivity contribution in [1.29, 1.82) is 0 Å². The van der Waals surface area contributed by atoms with Gasteiger partial charge in [0.2, 0.25) is 0 Å². The van der Waals surface area contributed by atoms with Gasteiger partial charge in [-0.3, -0.25) is 9.59 Å². The highest BCUT2D eigenvalue weighted by Gasteiger charge is 2.29. The van der Waals surface area contributed by atoms with Crippen LogP contribution in [0.4, 0.5) is 0 Å². The molecule has 0 atom stereocenters. The fourth-order valence-electron chi connectivity index (χ4n) is 1.59. The van der Waals surface area contributed by atoms with Gasteiger partial charge in [-0.15, -0.1) is 0 Å². The lowest BCUT2D eigenvalue weighted by Gasteiger charge is -2.14. The van der Waals surface area contributed by atoms with Crippen molar-refractivity contribution in [3.63, 3.8) is 0 Å². The van der Waals surface area contributed by atoms with E-state index in [0.29, 0.717) is 6.61 Å². The highest BCUT2D eigenvalue weighted by molar-refractivity contribution is 5.95. The molecule has 124 valence electrons. The summed E-state index contributed by atoms with van der Waals surface area (Å²) in [5.74, 6) is -2.25. The van der Waals surface area contributed by atoms with Gasteiger partial charge in [-0.2, -0.15) is 0 Å². The van der Waals surface area contributed by atoms with Crippen LogP contribution in [-0.4, -0.2) is 31.8 Å². The molecule has 1 aromatic carbocycles. The molecule has 0 aromatic heterocycles. The number of hydrogen-bond acceptors (Lipinski definition) is 5. The zero-order valence-electron chi connectivity index (χ0n) is 13.8. The van der Waals surface area contributed by atoms with Crippen LogP contribution in [0.2, 0.25) is 0 Å². The summed E-state index contributed by atoms with van der Waals surface area (Å²) < 4.78 is 15.1. The average Bonchev–Trinajstić information content (AvgIpc) is 2.55. The van der Waals surface area contributed by atoms with Crippen molar-refractivity contribution in [3.8, 4) is 0 Å². The molecule has 0 N–H and O–H groups in total. The predicted molar refractivity (Wildman–Crippen MR) is 84.2 cm³/mol. The first-order chi connectivity index (χ1) is 10.7. The summed E-state index contributed by atoms with van der Waals surface area (Å²) in [7, 11) is 0. The maximum Gasteiger partial charge on any atom is 0.322 e. The Balaban J connectivity index is 0.00000211. The largest absolute Gasteiger partial charge is 0.465 e. The minimum Gasteiger partial charge on any atom is -0.465 e. The van der Waals surface area contributed by atoms with Gasteiger partial charge in [0, 0.05) is 0 Å². The maximum atomic E-state index is 11.7. The molecule has 5 nitrogen and oxygen atoms in total. The van der Waals surface area contributed by atoms with Crippen LogP contribution in [0.1, 0.15) is 33.3 Å². The smallest absolute Gasteiger partial charge is 0.322 e. The lowest BCUT2D eigenvalue weighted by atomic mass is 10.1. The Bertz CT molecular complexity index is 398. The van der Waals surface area contributed by atoms with Crippen molar-refractivity contribution < 1.29 is 23.8 Å². The van der Waals surface area contributed by atoms with Crippen LogP contribution < -0.4 is 0 Å². The topological polar surface area (TPSA) is 61.8 Å². The van der Waals surface area contributed by atoms with Crippen molar-refractivity contribution >= 4 is 11.9 Å². The van der Waals surface area contributed by atoms with Gasteiger partial charge in [0.05, 0.1) is 26.4 Å². The first kappa shape index (κ1) is 20.1. The zero-order chi connectivity index (χ0) is 16.8. The molecular formula is C17H26O5. The van der Waals surface area contributed by atoms with Crippen LogP contribution in [-0.2, 0) is 30.4 Å². The fraction of sp³-hybridized carbons (Fsp3) is 0.529. The Morgan fingerprint density at radius 1 is 0.955 bits per heavy atom. The summed E-state index contributed by atoms with van der Waals surface area (Å²) in [6.07, 6.45) is 0. The number of carbonyl (C=O) groups excluding carboxylic acids is 2. The minimum absolute atomic E-state index is 0.0490. The number of rotatable bonds is 8. The summed E-state index contributed by atoms with van der Waals surface area (Å²) in [6, 6.07) is 9.51. The molecule has 0 bridgehead atoms. The van der Waals surface area contributed by atoms with E-state index in [1.165, 1.54) is 0 Å². The first-order valence-corrected chi connectivity index (χ1v) is 7.64. The lowest BCUT2D eigenvalue weighted by Crippen LogP contribution is -2.32. The average molecular weight is 310 g/mol. The monoisotopic (exact) mass is 310 g/mol. The van der Waals surface area contributed by atoms with Crippen molar-refractivity contribution in [2.24, 2.45) is 5.92 Å². The molecule has 0 aliphatic carbocycles. The molecule has 0 fully saturated rings. The molecule has 0 amide bonds. The van der Waals surface area contributed by atoms with E-state index >= 15 is 0 Å². The molecule has 0 aliphatic heterocycles. The van der Waals surface area contributed by atoms with E-state index in [9.17, 15) is 9.59 Å². The normalized spacial score (nSPS) is 9.68. The standard InChI is InChI=1S/C15H20O5.C2H6/c1-3-19-14(16)13(15(17)20-4-2)11-18-10-12-8-6-5-7-9-12;1-2/h5-9,13H,3-4,10-11H2,1-2H3;1-2H3. The maximum absolute atomic E-state index is 11.7. The summed E-state index contributed by atoms with van der Waals surface area (Å²) in [4.78, 5) is 23.4. The molecule has 0 spiro atoms. The second-order valence-electron chi connectivity index (χ2n) is 4.06. The van der Waals surface area contributed by atoms with E-state index < -0.39 is 17.9 Å². The molecule has 22 heavy (non-hydrogen) atoms. The third-order valence-corrected chi connectivity index (χ3v) is 2.54. The molecule has 5 heteroatoms. The molecule has 1 rings (SSSR count).